The van der Waals surface area contributed by atoms with Gasteiger partial charge in [-0.2, -0.15) is 15.0 Å². The van der Waals surface area contributed by atoms with Crippen LogP contribution in [0.4, 0.5) is 5.82 Å². The summed E-state index contributed by atoms with van der Waals surface area (Å²) in [5.74, 6) is 0.281. The van der Waals surface area contributed by atoms with Gasteiger partial charge in [0.25, 0.3) is 11.5 Å². The zero-order chi connectivity index (χ0) is 21.2. The maximum atomic E-state index is 12.9. The molecular formula is C20H20ClN5O2S. The largest absolute Gasteiger partial charge is 0.365 e. The van der Waals surface area contributed by atoms with Crippen LogP contribution in [0.25, 0.3) is 11.3 Å². The van der Waals surface area contributed by atoms with Crippen LogP contribution in [0.5, 0.6) is 0 Å². The maximum absolute atomic E-state index is 12.9. The van der Waals surface area contributed by atoms with Gasteiger partial charge in [-0.1, -0.05) is 32.4 Å². The second-order valence-electron chi connectivity index (χ2n) is 7.45. The summed E-state index contributed by atoms with van der Waals surface area (Å²) in [5, 5.41) is 16.5. The third-order valence-electron chi connectivity index (χ3n) is 4.15. The van der Waals surface area contributed by atoms with E-state index in [2.05, 4.69) is 10.4 Å². The summed E-state index contributed by atoms with van der Waals surface area (Å²) in [6.45, 7) is 5.83. The Morgan fingerprint density at radius 1 is 1.34 bits per heavy atom. The van der Waals surface area contributed by atoms with Gasteiger partial charge in [-0.15, -0.1) is 11.3 Å². The Kier molecular flexibility index (Phi) is 5.91. The first kappa shape index (κ1) is 20.8. The van der Waals surface area contributed by atoms with Gasteiger partial charge in [0.2, 0.25) is 0 Å². The summed E-state index contributed by atoms with van der Waals surface area (Å²) in [6, 6.07) is 10.7. The van der Waals surface area contributed by atoms with E-state index < -0.39 is 5.41 Å². The number of pyridine rings is 1. The molecule has 150 valence electrons. The van der Waals surface area contributed by atoms with Crippen LogP contribution in [-0.2, 0) is 13.1 Å². The summed E-state index contributed by atoms with van der Waals surface area (Å²) in [5.41, 5.74) is -0.306. The van der Waals surface area contributed by atoms with E-state index in [0.29, 0.717) is 28.0 Å². The minimum absolute atomic E-state index is 0.0570. The van der Waals surface area contributed by atoms with Gasteiger partial charge in [0.05, 0.1) is 22.5 Å². The molecule has 29 heavy (non-hydrogen) atoms. The van der Waals surface area contributed by atoms with Crippen LogP contribution in [0.15, 0.2) is 41.3 Å². The van der Waals surface area contributed by atoms with Crippen molar-refractivity contribution in [2.45, 2.75) is 33.9 Å². The molecule has 0 saturated carbocycles. The van der Waals surface area contributed by atoms with Crippen molar-refractivity contribution in [3.05, 3.63) is 56.1 Å². The summed E-state index contributed by atoms with van der Waals surface area (Å²) in [4.78, 5) is 26.6. The van der Waals surface area contributed by atoms with E-state index in [4.69, 9.17) is 16.9 Å². The highest BCUT2D eigenvalue weighted by Gasteiger charge is 2.27. The van der Waals surface area contributed by atoms with Gasteiger partial charge >= 0.3 is 0 Å². The number of halogens is 1. The molecule has 3 rings (SSSR count). The highest BCUT2D eigenvalue weighted by atomic mass is 35.5. The number of hydrogen-bond acceptors (Lipinski definition) is 6. The smallest absolute Gasteiger partial charge is 0.260 e. The molecule has 3 aromatic rings. The second kappa shape index (κ2) is 8.23. The highest BCUT2D eigenvalue weighted by molar-refractivity contribution is 7.16. The molecule has 0 amide bonds. The Bertz CT molecular complexity index is 1150. The molecule has 3 aromatic heterocycles. The highest BCUT2D eigenvalue weighted by Crippen LogP contribution is 2.26. The van der Waals surface area contributed by atoms with Crippen LogP contribution in [0.1, 0.15) is 30.4 Å². The molecule has 0 saturated heterocycles. The molecule has 0 aliphatic carbocycles. The van der Waals surface area contributed by atoms with Gasteiger partial charge in [-0.25, -0.2) is 0 Å². The Hall–Kier alpha value is -2.89. The molecular weight excluding hydrogens is 410 g/mol. The summed E-state index contributed by atoms with van der Waals surface area (Å²) in [6.07, 6.45) is 1.55. The fraction of sp³-hybridized carbons (Fsp3) is 0.300. The van der Waals surface area contributed by atoms with Gasteiger partial charge in [0.15, 0.2) is 0 Å². The number of thiophene rings is 1. The lowest BCUT2D eigenvalue weighted by molar-refractivity contribution is 0.0752. The predicted octanol–water partition coefficient (Wildman–Crippen LogP) is 4.25. The molecule has 0 aliphatic rings. The molecule has 0 unspecified atom stereocenters. The molecule has 0 aliphatic heterocycles. The summed E-state index contributed by atoms with van der Waals surface area (Å²) >= 11 is 7.43. The molecule has 0 radical (unpaired) electrons. The standard InChI is InChI=1S/C20H20ClN5O2S/c1-20(2,3)19(28)26-17(23-12-13-6-7-16(21)29-13)11-15(24-26)14-5-4-9-25(10-8-22)18(14)27/h4-7,9,11,23H,10,12H2,1-3H3. The van der Waals surface area contributed by atoms with Crippen molar-refractivity contribution >= 4 is 34.7 Å². The molecule has 0 spiro atoms. The minimum atomic E-state index is -0.663. The van der Waals surface area contributed by atoms with E-state index in [-0.39, 0.29) is 18.0 Å². The Morgan fingerprint density at radius 3 is 2.72 bits per heavy atom. The van der Waals surface area contributed by atoms with Crippen LogP contribution in [0.2, 0.25) is 4.34 Å². The zero-order valence-electron chi connectivity index (χ0n) is 16.3. The van der Waals surface area contributed by atoms with Crippen molar-refractivity contribution in [3.63, 3.8) is 0 Å². The molecule has 7 nitrogen and oxygen atoms in total. The van der Waals surface area contributed by atoms with Gasteiger partial charge < -0.3 is 9.88 Å². The SMILES string of the molecule is CC(C)(C)C(=O)n1nc(-c2cccn(CC#N)c2=O)cc1NCc1ccc(Cl)s1. The molecule has 0 fully saturated rings. The first-order valence-electron chi connectivity index (χ1n) is 8.90. The third-order valence-corrected chi connectivity index (χ3v) is 5.38. The molecule has 3 heterocycles. The van der Waals surface area contributed by atoms with Crippen molar-refractivity contribution in [1.82, 2.24) is 14.3 Å². The molecule has 0 bridgehead atoms. The summed E-state index contributed by atoms with van der Waals surface area (Å²) in [7, 11) is 0. The minimum Gasteiger partial charge on any atom is -0.365 e. The van der Waals surface area contributed by atoms with Crippen LogP contribution in [0, 0.1) is 16.7 Å². The maximum Gasteiger partial charge on any atom is 0.260 e. The number of anilines is 1. The second-order valence-corrected chi connectivity index (χ2v) is 9.25. The lowest BCUT2D eigenvalue weighted by Gasteiger charge is -2.18. The van der Waals surface area contributed by atoms with Gasteiger partial charge in [0.1, 0.15) is 18.1 Å². The number of rotatable bonds is 5. The normalized spacial score (nSPS) is 11.3. The first-order valence-corrected chi connectivity index (χ1v) is 10.1. The molecule has 0 atom stereocenters. The van der Waals surface area contributed by atoms with Crippen molar-refractivity contribution in [1.29, 1.82) is 5.26 Å². The molecule has 1 N–H and O–H groups in total. The van der Waals surface area contributed by atoms with Gasteiger partial charge in [-0.05, 0) is 24.3 Å². The van der Waals surface area contributed by atoms with E-state index in [1.165, 1.54) is 20.6 Å². The van der Waals surface area contributed by atoms with Crippen LogP contribution < -0.4 is 10.9 Å². The van der Waals surface area contributed by atoms with E-state index in [1.54, 1.807) is 24.4 Å². The van der Waals surface area contributed by atoms with Crippen molar-refractivity contribution in [2.75, 3.05) is 5.32 Å². The Balaban J connectivity index is 2.03. The fourth-order valence-corrected chi connectivity index (χ4v) is 3.70. The van der Waals surface area contributed by atoms with Gasteiger partial charge in [0, 0.05) is 22.6 Å². The lowest BCUT2D eigenvalue weighted by atomic mass is 9.96. The van der Waals surface area contributed by atoms with E-state index in [9.17, 15) is 9.59 Å². The molecule has 9 heteroatoms. The Morgan fingerprint density at radius 2 is 2.10 bits per heavy atom. The Labute approximate surface area is 177 Å². The van der Waals surface area contributed by atoms with E-state index in [1.807, 2.05) is 39.0 Å². The quantitative estimate of drug-likeness (QED) is 0.654. The third kappa shape index (κ3) is 4.58. The van der Waals surface area contributed by atoms with Gasteiger partial charge in [-0.3, -0.25) is 9.59 Å². The van der Waals surface area contributed by atoms with Crippen LogP contribution in [0.3, 0.4) is 0 Å². The van der Waals surface area contributed by atoms with E-state index >= 15 is 0 Å². The topological polar surface area (TPSA) is 92.7 Å². The van der Waals surface area contributed by atoms with E-state index in [0.717, 1.165) is 4.88 Å². The zero-order valence-corrected chi connectivity index (χ0v) is 17.8. The number of nitrogens with zero attached hydrogens (tertiary/aromatic N) is 4. The average molecular weight is 430 g/mol. The average Bonchev–Trinajstić information content (AvgIpc) is 3.26. The number of nitriles is 1. The lowest BCUT2D eigenvalue weighted by Crippen LogP contribution is -2.29. The van der Waals surface area contributed by atoms with Crippen LogP contribution >= 0.6 is 22.9 Å². The molecule has 0 aromatic carbocycles. The number of carbonyl (C=O) groups is 1. The first-order chi connectivity index (χ1) is 13.7. The van der Waals surface area contributed by atoms with Crippen LogP contribution in [-0.4, -0.2) is 20.3 Å². The van der Waals surface area contributed by atoms with Crippen molar-refractivity contribution in [3.8, 4) is 17.3 Å². The number of aromatic nitrogens is 3. The van der Waals surface area contributed by atoms with Crippen molar-refractivity contribution < 1.29 is 4.79 Å². The summed E-state index contributed by atoms with van der Waals surface area (Å²) < 4.78 is 3.29. The number of hydrogen-bond donors (Lipinski definition) is 1. The number of carbonyl (C=O) groups excluding carboxylic acids is 1. The van der Waals surface area contributed by atoms with Crippen molar-refractivity contribution in [2.24, 2.45) is 5.41 Å². The predicted molar refractivity (Wildman–Crippen MR) is 114 cm³/mol. The monoisotopic (exact) mass is 429 g/mol. The fourth-order valence-electron chi connectivity index (χ4n) is 2.67. The number of nitrogens with one attached hydrogen (secondary N) is 1.